The third-order valence-electron chi connectivity index (χ3n) is 3.49. The van der Waals surface area contributed by atoms with Gasteiger partial charge in [-0.1, -0.05) is 0 Å². The highest BCUT2D eigenvalue weighted by Gasteiger charge is 2.28. The predicted octanol–water partition coefficient (Wildman–Crippen LogP) is 2.38. The topological polar surface area (TPSA) is 73.3 Å². The molecule has 1 atom stereocenters. The molecule has 0 saturated heterocycles. The van der Waals surface area contributed by atoms with Crippen LogP contribution in [0, 0.1) is 0 Å². The van der Waals surface area contributed by atoms with Gasteiger partial charge in [-0.3, -0.25) is 4.79 Å². The number of aryl methyl sites for hydroxylation is 1. The highest BCUT2D eigenvalue weighted by Crippen LogP contribution is 2.40. The summed E-state index contributed by atoms with van der Waals surface area (Å²) in [5.74, 6) is -0.428. The summed E-state index contributed by atoms with van der Waals surface area (Å²) in [6.07, 6.45) is 1.93. The number of fused-ring (bicyclic) bond motifs is 3. The van der Waals surface area contributed by atoms with E-state index >= 15 is 0 Å². The molecule has 1 aliphatic carbocycles. The molecule has 1 aromatic heterocycles. The van der Waals surface area contributed by atoms with Crippen LogP contribution < -0.4 is 0 Å². The number of benzene rings is 1. The van der Waals surface area contributed by atoms with Crippen LogP contribution in [0.15, 0.2) is 18.2 Å². The monoisotopic (exact) mass is 231 g/mol. The van der Waals surface area contributed by atoms with Gasteiger partial charge in [-0.15, -0.1) is 0 Å². The van der Waals surface area contributed by atoms with Crippen molar-refractivity contribution in [2.45, 2.75) is 25.2 Å². The van der Waals surface area contributed by atoms with E-state index in [1.807, 2.05) is 6.07 Å². The Bertz CT molecular complexity index is 600. The van der Waals surface area contributed by atoms with E-state index in [-0.39, 0.29) is 18.1 Å². The Labute approximate surface area is 97.9 Å². The van der Waals surface area contributed by atoms with Gasteiger partial charge in [0.1, 0.15) is 5.75 Å². The summed E-state index contributed by atoms with van der Waals surface area (Å²) < 4.78 is 0. The molecule has 0 bridgehead atoms. The number of phenolic OH excluding ortho intramolecular Hbond substituents is 1. The minimum atomic E-state index is -0.760. The van der Waals surface area contributed by atoms with E-state index in [1.54, 1.807) is 12.1 Å². The van der Waals surface area contributed by atoms with Gasteiger partial charge in [0.15, 0.2) is 0 Å². The largest absolute Gasteiger partial charge is 0.508 e. The minimum Gasteiger partial charge on any atom is -0.508 e. The van der Waals surface area contributed by atoms with Crippen molar-refractivity contribution in [1.29, 1.82) is 0 Å². The number of hydrogen-bond acceptors (Lipinski definition) is 2. The Hall–Kier alpha value is -1.97. The second kappa shape index (κ2) is 3.52. The lowest BCUT2D eigenvalue weighted by atomic mass is 10.0. The Morgan fingerprint density at radius 2 is 2.29 bits per heavy atom. The summed E-state index contributed by atoms with van der Waals surface area (Å²) in [7, 11) is 0. The number of hydrogen-bond donors (Lipinski definition) is 3. The molecule has 0 fully saturated rings. The average molecular weight is 231 g/mol. The van der Waals surface area contributed by atoms with Crippen molar-refractivity contribution in [1.82, 2.24) is 4.98 Å². The lowest BCUT2D eigenvalue weighted by Crippen LogP contribution is -2.03. The third kappa shape index (κ3) is 1.56. The van der Waals surface area contributed by atoms with Crippen LogP contribution in [-0.4, -0.2) is 21.2 Å². The Morgan fingerprint density at radius 3 is 3.06 bits per heavy atom. The van der Waals surface area contributed by atoms with Gasteiger partial charge in [0, 0.05) is 22.5 Å². The summed E-state index contributed by atoms with van der Waals surface area (Å²) >= 11 is 0. The van der Waals surface area contributed by atoms with Crippen LogP contribution in [-0.2, 0) is 11.2 Å². The van der Waals surface area contributed by atoms with Gasteiger partial charge in [0.25, 0.3) is 0 Å². The van der Waals surface area contributed by atoms with Gasteiger partial charge in [0.2, 0.25) is 0 Å². The average Bonchev–Trinajstić information content (AvgIpc) is 2.78. The molecule has 1 aliphatic rings. The summed E-state index contributed by atoms with van der Waals surface area (Å²) in [5, 5.41) is 19.4. The zero-order chi connectivity index (χ0) is 12.0. The molecule has 0 aliphatic heterocycles. The molecule has 1 aromatic carbocycles. The fraction of sp³-hybridized carbons (Fsp3) is 0.308. The molecule has 1 heterocycles. The van der Waals surface area contributed by atoms with Crippen LogP contribution in [0.25, 0.3) is 10.9 Å². The molecular formula is C13H13NO3. The molecule has 0 spiro atoms. The Balaban J connectivity index is 2.10. The molecule has 3 N–H and O–H groups in total. The van der Waals surface area contributed by atoms with Crippen LogP contribution >= 0.6 is 0 Å². The standard InChI is InChI=1S/C13H13NO3/c15-8-2-4-11-10(6-8)9-3-1-7(5-12(16)17)13(9)14-11/h2,4,6-7,14-15H,1,3,5H2,(H,16,17)/t7-/m1/s1. The third-order valence-corrected chi connectivity index (χ3v) is 3.49. The number of aliphatic carboxylic acids is 1. The van der Waals surface area contributed by atoms with E-state index in [9.17, 15) is 9.90 Å². The quantitative estimate of drug-likeness (QED) is 0.742. The molecule has 88 valence electrons. The lowest BCUT2D eigenvalue weighted by Gasteiger charge is -2.05. The van der Waals surface area contributed by atoms with E-state index in [4.69, 9.17) is 5.11 Å². The van der Waals surface area contributed by atoms with Crippen molar-refractivity contribution in [2.75, 3.05) is 0 Å². The fourth-order valence-electron chi connectivity index (χ4n) is 2.75. The Kier molecular flexibility index (Phi) is 2.11. The zero-order valence-corrected chi connectivity index (χ0v) is 9.23. The smallest absolute Gasteiger partial charge is 0.304 e. The van der Waals surface area contributed by atoms with E-state index in [2.05, 4.69) is 4.98 Å². The maximum atomic E-state index is 10.8. The molecule has 4 heteroatoms. The van der Waals surface area contributed by atoms with Crippen LogP contribution in [0.5, 0.6) is 5.75 Å². The number of aromatic nitrogens is 1. The number of carbonyl (C=O) groups is 1. The number of phenols is 1. The van der Waals surface area contributed by atoms with Crippen molar-refractivity contribution in [3.05, 3.63) is 29.5 Å². The van der Waals surface area contributed by atoms with Gasteiger partial charge >= 0.3 is 5.97 Å². The van der Waals surface area contributed by atoms with Crippen molar-refractivity contribution >= 4 is 16.9 Å². The fourth-order valence-corrected chi connectivity index (χ4v) is 2.75. The molecule has 4 nitrogen and oxygen atoms in total. The van der Waals surface area contributed by atoms with Crippen LogP contribution in [0.4, 0.5) is 0 Å². The summed E-state index contributed by atoms with van der Waals surface area (Å²) in [4.78, 5) is 14.1. The van der Waals surface area contributed by atoms with Gasteiger partial charge in [-0.2, -0.15) is 0 Å². The van der Waals surface area contributed by atoms with Gasteiger partial charge < -0.3 is 15.2 Å². The van der Waals surface area contributed by atoms with Crippen LogP contribution in [0.1, 0.15) is 30.0 Å². The molecule has 17 heavy (non-hydrogen) atoms. The van der Waals surface area contributed by atoms with Crippen LogP contribution in [0.2, 0.25) is 0 Å². The van der Waals surface area contributed by atoms with E-state index in [0.29, 0.717) is 0 Å². The van der Waals surface area contributed by atoms with Crippen molar-refractivity contribution in [3.63, 3.8) is 0 Å². The highest BCUT2D eigenvalue weighted by atomic mass is 16.4. The second-order valence-electron chi connectivity index (χ2n) is 4.58. The number of H-pyrrole nitrogens is 1. The van der Waals surface area contributed by atoms with E-state index in [0.717, 1.165) is 29.4 Å². The predicted molar refractivity (Wildman–Crippen MR) is 63.3 cm³/mol. The maximum Gasteiger partial charge on any atom is 0.304 e. The highest BCUT2D eigenvalue weighted by molar-refractivity contribution is 5.87. The molecular weight excluding hydrogens is 218 g/mol. The number of aromatic hydroxyl groups is 1. The first kappa shape index (κ1) is 10.2. The molecule has 0 amide bonds. The number of rotatable bonds is 2. The van der Waals surface area contributed by atoms with E-state index in [1.165, 1.54) is 5.56 Å². The zero-order valence-electron chi connectivity index (χ0n) is 9.23. The number of nitrogens with one attached hydrogen (secondary N) is 1. The maximum absolute atomic E-state index is 10.8. The number of carboxylic acids is 1. The number of aromatic amines is 1. The molecule has 0 saturated carbocycles. The first-order valence-corrected chi connectivity index (χ1v) is 5.70. The normalized spacial score (nSPS) is 18.5. The second-order valence-corrected chi connectivity index (χ2v) is 4.58. The van der Waals surface area contributed by atoms with E-state index < -0.39 is 5.97 Å². The first-order chi connectivity index (χ1) is 8.15. The SMILES string of the molecule is O=C(O)C[C@H]1CCc2c1[nH]c1ccc(O)cc21. The van der Waals surface area contributed by atoms with Crippen LogP contribution in [0.3, 0.4) is 0 Å². The molecule has 3 rings (SSSR count). The van der Waals surface area contributed by atoms with Gasteiger partial charge in [-0.05, 0) is 36.6 Å². The van der Waals surface area contributed by atoms with Crippen molar-refractivity contribution in [3.8, 4) is 5.75 Å². The summed E-state index contributed by atoms with van der Waals surface area (Å²) in [5.41, 5.74) is 3.18. The number of carboxylic acid groups (broad SMARTS) is 1. The molecule has 2 aromatic rings. The Morgan fingerprint density at radius 1 is 1.47 bits per heavy atom. The molecule has 0 radical (unpaired) electrons. The van der Waals surface area contributed by atoms with Crippen molar-refractivity contribution in [2.24, 2.45) is 0 Å². The minimum absolute atomic E-state index is 0.0806. The summed E-state index contributed by atoms with van der Waals surface area (Å²) in [6.45, 7) is 0. The first-order valence-electron chi connectivity index (χ1n) is 5.70. The van der Waals surface area contributed by atoms with Gasteiger partial charge in [-0.25, -0.2) is 0 Å². The molecule has 0 unspecified atom stereocenters. The lowest BCUT2D eigenvalue weighted by molar-refractivity contribution is -0.137. The van der Waals surface area contributed by atoms with Gasteiger partial charge in [0.05, 0.1) is 6.42 Å². The van der Waals surface area contributed by atoms with Crippen molar-refractivity contribution < 1.29 is 15.0 Å². The summed E-state index contributed by atoms with van der Waals surface area (Å²) in [6, 6.07) is 5.22.